The van der Waals surface area contributed by atoms with Crippen LogP contribution in [0.1, 0.15) is 29.0 Å². The maximum absolute atomic E-state index is 13.5. The molecule has 1 amide bonds. The highest BCUT2D eigenvalue weighted by Crippen LogP contribution is 2.36. The van der Waals surface area contributed by atoms with Gasteiger partial charge in [-0.3, -0.25) is 0 Å². The Morgan fingerprint density at radius 1 is 0.960 bits per heavy atom. The predicted molar refractivity (Wildman–Crippen MR) is 190 cm³/mol. The summed E-state index contributed by atoms with van der Waals surface area (Å²) in [4.78, 5) is 17.5. The van der Waals surface area contributed by atoms with Gasteiger partial charge in [0.05, 0.1) is 57.4 Å². The molecule has 50 heavy (non-hydrogen) atoms. The lowest BCUT2D eigenvalue weighted by Gasteiger charge is -2.43. The molecule has 5 rings (SSSR count). The van der Waals surface area contributed by atoms with Crippen molar-refractivity contribution in [3.63, 3.8) is 0 Å². The third kappa shape index (κ3) is 10.4. The van der Waals surface area contributed by atoms with E-state index in [0.29, 0.717) is 32.2 Å². The van der Waals surface area contributed by atoms with E-state index >= 15 is 0 Å². The Morgan fingerprint density at radius 2 is 1.74 bits per heavy atom. The molecule has 11 nitrogen and oxygen atoms in total. The molecule has 3 aromatic rings. The van der Waals surface area contributed by atoms with E-state index in [0.717, 1.165) is 47.6 Å². The molecular formula is C39H50N2O9. The number of rotatable bonds is 18. The molecule has 0 aliphatic carbocycles. The average molecular weight is 691 g/mol. The van der Waals surface area contributed by atoms with Gasteiger partial charge in [-0.15, -0.1) is 0 Å². The number of methoxy groups -OCH3 is 2. The lowest BCUT2D eigenvalue weighted by atomic mass is 9.84. The lowest BCUT2D eigenvalue weighted by molar-refractivity contribution is -0.109. The SMILES string of the molecule is C=CCOc1ccc([C@@H]2[C@@H](OCc3ccc4c(c3)N(CCCOC)CCO4)CN(C(=O)OCc3ccccc3)C[C@H]2OC[C@H](O)COC)cc1. The monoisotopic (exact) mass is 690 g/mol. The van der Waals surface area contributed by atoms with Gasteiger partial charge in [-0.2, -0.15) is 0 Å². The molecule has 1 saturated heterocycles. The number of amides is 1. The third-order valence-corrected chi connectivity index (χ3v) is 8.78. The Labute approximate surface area is 295 Å². The van der Waals surface area contributed by atoms with Crippen LogP contribution < -0.4 is 14.4 Å². The molecular weight excluding hydrogens is 640 g/mol. The number of anilines is 1. The minimum absolute atomic E-state index is 0.0267. The van der Waals surface area contributed by atoms with Crippen molar-refractivity contribution < 1.29 is 43.1 Å². The topological polar surface area (TPSA) is 108 Å². The van der Waals surface area contributed by atoms with E-state index in [1.807, 2.05) is 66.7 Å². The van der Waals surface area contributed by atoms with Crippen LogP contribution in [-0.4, -0.2) is 108 Å². The number of aliphatic hydroxyl groups is 1. The van der Waals surface area contributed by atoms with Crippen molar-refractivity contribution in [2.75, 3.05) is 78.3 Å². The van der Waals surface area contributed by atoms with Crippen LogP contribution in [0.3, 0.4) is 0 Å². The fourth-order valence-electron chi connectivity index (χ4n) is 6.34. The van der Waals surface area contributed by atoms with Crippen LogP contribution in [0, 0.1) is 0 Å². The zero-order valence-corrected chi connectivity index (χ0v) is 29.1. The molecule has 0 unspecified atom stereocenters. The van der Waals surface area contributed by atoms with Gasteiger partial charge in [-0.05, 0) is 47.4 Å². The first-order valence-corrected chi connectivity index (χ1v) is 17.2. The summed E-state index contributed by atoms with van der Waals surface area (Å²) < 4.78 is 41.0. The van der Waals surface area contributed by atoms with Crippen LogP contribution in [0.15, 0.2) is 85.5 Å². The van der Waals surface area contributed by atoms with E-state index in [-0.39, 0.29) is 38.8 Å². The van der Waals surface area contributed by atoms with Crippen LogP contribution in [0.5, 0.6) is 11.5 Å². The van der Waals surface area contributed by atoms with Crippen LogP contribution in [0.2, 0.25) is 0 Å². The Morgan fingerprint density at radius 3 is 2.48 bits per heavy atom. The number of fused-ring (bicyclic) bond motifs is 1. The summed E-state index contributed by atoms with van der Waals surface area (Å²) in [6, 6.07) is 23.5. The number of carbonyl (C=O) groups is 1. The van der Waals surface area contributed by atoms with Gasteiger partial charge < -0.3 is 48.1 Å². The molecule has 2 aliphatic rings. The van der Waals surface area contributed by atoms with Gasteiger partial charge in [-0.1, -0.05) is 61.2 Å². The predicted octanol–water partition coefficient (Wildman–Crippen LogP) is 5.20. The zero-order chi connectivity index (χ0) is 35.1. The van der Waals surface area contributed by atoms with Crippen LogP contribution in [0.25, 0.3) is 0 Å². The number of likely N-dealkylation sites (tertiary alicyclic amines) is 1. The summed E-state index contributed by atoms with van der Waals surface area (Å²) in [5.74, 6) is 1.29. The highest BCUT2D eigenvalue weighted by molar-refractivity contribution is 5.68. The molecule has 0 bridgehead atoms. The van der Waals surface area contributed by atoms with Crippen LogP contribution in [0.4, 0.5) is 10.5 Å². The maximum atomic E-state index is 13.5. The van der Waals surface area contributed by atoms with Crippen LogP contribution in [-0.2, 0) is 36.9 Å². The summed E-state index contributed by atoms with van der Waals surface area (Å²) >= 11 is 0. The summed E-state index contributed by atoms with van der Waals surface area (Å²) in [5.41, 5.74) is 3.87. The molecule has 2 aliphatic heterocycles. The van der Waals surface area contributed by atoms with Gasteiger partial charge in [0.2, 0.25) is 0 Å². The second-order valence-corrected chi connectivity index (χ2v) is 12.5. The van der Waals surface area contributed by atoms with E-state index in [4.69, 9.17) is 33.2 Å². The molecule has 0 radical (unpaired) electrons. The van der Waals surface area contributed by atoms with Gasteiger partial charge in [0.25, 0.3) is 0 Å². The van der Waals surface area contributed by atoms with E-state index < -0.39 is 24.4 Å². The Bertz CT molecular complexity index is 1470. The van der Waals surface area contributed by atoms with Gasteiger partial charge in [0, 0.05) is 33.3 Å². The Kier molecular flexibility index (Phi) is 14.3. The maximum Gasteiger partial charge on any atom is 0.410 e. The first-order valence-electron chi connectivity index (χ1n) is 17.2. The van der Waals surface area contributed by atoms with Crippen LogP contribution >= 0.6 is 0 Å². The highest BCUT2D eigenvalue weighted by Gasteiger charge is 2.42. The molecule has 11 heteroatoms. The minimum atomic E-state index is -0.834. The van der Waals surface area contributed by atoms with Crippen molar-refractivity contribution >= 4 is 11.8 Å². The van der Waals surface area contributed by atoms with Crippen molar-refractivity contribution in [1.29, 1.82) is 0 Å². The number of nitrogens with zero attached hydrogens (tertiary/aromatic N) is 2. The van der Waals surface area contributed by atoms with Crippen molar-refractivity contribution in [2.45, 2.75) is 43.9 Å². The van der Waals surface area contributed by atoms with Crippen molar-refractivity contribution in [1.82, 2.24) is 4.90 Å². The van der Waals surface area contributed by atoms with Gasteiger partial charge in [0.1, 0.15) is 37.4 Å². The second-order valence-electron chi connectivity index (χ2n) is 12.5. The summed E-state index contributed by atoms with van der Waals surface area (Å²) in [6.07, 6.45) is 0.331. The number of benzene rings is 3. The molecule has 4 atom stereocenters. The van der Waals surface area contributed by atoms with Gasteiger partial charge in [0.15, 0.2) is 0 Å². The Balaban J connectivity index is 1.39. The number of aliphatic hydroxyl groups excluding tert-OH is 1. The third-order valence-electron chi connectivity index (χ3n) is 8.78. The normalized spacial score (nSPS) is 19.3. The number of ether oxygens (including phenoxy) is 7. The van der Waals surface area contributed by atoms with E-state index in [9.17, 15) is 9.90 Å². The van der Waals surface area contributed by atoms with E-state index in [2.05, 4.69) is 17.5 Å². The molecule has 3 aromatic carbocycles. The quantitative estimate of drug-likeness (QED) is 0.141. The fraction of sp³-hybridized carbons (Fsp3) is 0.462. The number of piperidine rings is 1. The Hall–Kier alpha value is -4.13. The van der Waals surface area contributed by atoms with Crippen molar-refractivity contribution in [3.05, 3.63) is 102 Å². The van der Waals surface area contributed by atoms with E-state index in [1.165, 1.54) is 7.11 Å². The second kappa shape index (κ2) is 19.3. The molecule has 0 spiro atoms. The average Bonchev–Trinajstić information content (AvgIpc) is 3.15. The van der Waals surface area contributed by atoms with Crippen molar-refractivity contribution in [2.24, 2.45) is 0 Å². The van der Waals surface area contributed by atoms with Gasteiger partial charge >= 0.3 is 6.09 Å². The molecule has 0 aromatic heterocycles. The highest BCUT2D eigenvalue weighted by atomic mass is 16.6. The zero-order valence-electron chi connectivity index (χ0n) is 29.1. The molecule has 1 N–H and O–H groups in total. The summed E-state index contributed by atoms with van der Waals surface area (Å²) in [5, 5.41) is 10.5. The number of hydrogen-bond acceptors (Lipinski definition) is 10. The first kappa shape index (κ1) is 37.1. The summed E-state index contributed by atoms with van der Waals surface area (Å²) in [6.45, 7) is 8.24. The minimum Gasteiger partial charge on any atom is -0.490 e. The van der Waals surface area contributed by atoms with E-state index in [1.54, 1.807) is 18.1 Å². The van der Waals surface area contributed by atoms with Crippen molar-refractivity contribution in [3.8, 4) is 11.5 Å². The standard InChI is InChI=1S/C39H50N2O9/c1-4-19-46-33-14-12-31(13-15-33)38-36(48-26-30-11-16-35-34(22-30)40(18-21-47-35)17-8-20-44-2)23-41(24-37(38)49-28-32(42)27-45-3)39(43)50-25-29-9-6-5-7-10-29/h4-7,9-16,22,32,36-38,42H,1,8,17-21,23-28H2,2-3H3/t32-,36+,37-,38-/m1/s1. The first-order chi connectivity index (χ1) is 24.5. The fourth-order valence-corrected chi connectivity index (χ4v) is 6.34. The smallest absolute Gasteiger partial charge is 0.410 e. The number of carbonyl (C=O) groups excluding carboxylic acids is 1. The molecule has 2 heterocycles. The van der Waals surface area contributed by atoms with Gasteiger partial charge in [-0.25, -0.2) is 4.79 Å². The number of hydrogen-bond donors (Lipinski definition) is 1. The molecule has 1 fully saturated rings. The largest absolute Gasteiger partial charge is 0.490 e. The molecule has 270 valence electrons. The summed E-state index contributed by atoms with van der Waals surface area (Å²) in [7, 11) is 3.25. The lowest BCUT2D eigenvalue weighted by Crippen LogP contribution is -2.55. The molecule has 0 saturated carbocycles.